The number of fused-ring (bicyclic) bond motifs is 1. The minimum absolute atomic E-state index is 0.00700. The highest BCUT2D eigenvalue weighted by Crippen LogP contribution is 2.55. The molecule has 13 heteroatoms. The molecule has 2 aliphatic heterocycles. The number of sulfonamides is 1. The number of rotatable bonds is 10. The van der Waals surface area contributed by atoms with Crippen molar-refractivity contribution in [2.75, 3.05) is 60.4 Å². The normalized spacial score (nSPS) is 19.8. The number of halogens is 1. The molecule has 1 fully saturated rings. The minimum atomic E-state index is -4.60. The van der Waals surface area contributed by atoms with Crippen LogP contribution in [-0.4, -0.2) is 97.0 Å². The van der Waals surface area contributed by atoms with Crippen LogP contribution in [0.5, 0.6) is 17.2 Å². The predicted octanol–water partition coefficient (Wildman–Crippen LogP) is 3.96. The van der Waals surface area contributed by atoms with Crippen molar-refractivity contribution in [1.82, 2.24) is 14.7 Å². The predicted molar refractivity (Wildman–Crippen MR) is 175 cm³/mol. The van der Waals surface area contributed by atoms with E-state index < -0.39 is 27.5 Å². The third kappa shape index (κ3) is 5.36. The van der Waals surface area contributed by atoms with Gasteiger partial charge in [0.05, 0.1) is 33.1 Å². The molecule has 0 spiro atoms. The van der Waals surface area contributed by atoms with E-state index in [9.17, 15) is 13.2 Å². The largest absolute Gasteiger partial charge is 0.497 e. The first-order chi connectivity index (χ1) is 21.8. The van der Waals surface area contributed by atoms with Gasteiger partial charge in [-0.05, 0) is 75.0 Å². The zero-order chi connectivity index (χ0) is 33.6. The van der Waals surface area contributed by atoms with E-state index in [2.05, 4.69) is 0 Å². The highest BCUT2D eigenvalue weighted by atomic mass is 35.5. The van der Waals surface area contributed by atoms with Crippen LogP contribution < -0.4 is 18.5 Å². The lowest BCUT2D eigenvalue weighted by Gasteiger charge is -2.42. The third-order valence-electron chi connectivity index (χ3n) is 8.51. The number of benzene rings is 3. The summed E-state index contributed by atoms with van der Waals surface area (Å²) in [6.07, 6.45) is 1.08. The Morgan fingerprint density at radius 1 is 0.935 bits per heavy atom. The molecule has 1 unspecified atom stereocenters. The Morgan fingerprint density at radius 3 is 2.28 bits per heavy atom. The van der Waals surface area contributed by atoms with Crippen LogP contribution in [0.1, 0.15) is 29.5 Å². The van der Waals surface area contributed by atoms with Crippen LogP contribution in [0, 0.1) is 0 Å². The highest BCUT2D eigenvalue weighted by Gasteiger charge is 2.63. The Bertz CT molecular complexity index is 1780. The van der Waals surface area contributed by atoms with Crippen molar-refractivity contribution in [3.05, 3.63) is 76.3 Å². The Balaban J connectivity index is 1.88. The fourth-order valence-corrected chi connectivity index (χ4v) is 8.36. The van der Waals surface area contributed by atoms with Crippen molar-refractivity contribution < 1.29 is 32.2 Å². The zero-order valence-electron chi connectivity index (χ0n) is 27.0. The lowest BCUT2D eigenvalue weighted by molar-refractivity contribution is -0.138. The lowest BCUT2D eigenvalue weighted by Crippen LogP contribution is -2.59. The minimum Gasteiger partial charge on any atom is -0.497 e. The van der Waals surface area contributed by atoms with Gasteiger partial charge in [-0.15, -0.1) is 0 Å². The van der Waals surface area contributed by atoms with Crippen LogP contribution >= 0.6 is 11.6 Å². The number of anilines is 1. The summed E-state index contributed by atoms with van der Waals surface area (Å²) < 4.78 is 46.9. The Labute approximate surface area is 275 Å². The molecule has 2 atom stereocenters. The van der Waals surface area contributed by atoms with Crippen molar-refractivity contribution >= 4 is 39.1 Å². The standard InChI is InChI=1S/C33H39ClN4O7S/c1-35(2)20-21-10-14-28(44-6)25(17-21)33(37-16-8-9-27(37)31(39)36(3)4)24-18-22(34)11-13-26(24)38(32(33)40)46(41,42)30-15-12-23(43-5)19-29(30)45-7/h10-15,17-19,27H,8-9,16,20H2,1-7H3/t27-,33?/m0/s1. The average molecular weight is 671 g/mol. The molecule has 2 aliphatic rings. The molecule has 2 amide bonds. The fraction of sp³-hybridized carbons (Fsp3) is 0.394. The number of likely N-dealkylation sites (N-methyl/N-ethyl adjacent to an activating group) is 1. The SMILES string of the molecule is COc1ccc(S(=O)(=O)N2C(=O)C(c3cc(CN(C)C)ccc3OC)(N3CCC[C@H]3C(=O)N(C)C)c3cc(Cl)ccc32)c(OC)c1. The first kappa shape index (κ1) is 33.5. The molecule has 246 valence electrons. The second-order valence-electron chi connectivity index (χ2n) is 11.8. The van der Waals surface area contributed by atoms with E-state index in [1.165, 1.54) is 50.5 Å². The van der Waals surface area contributed by atoms with Crippen molar-refractivity contribution in [2.24, 2.45) is 0 Å². The van der Waals surface area contributed by atoms with Gasteiger partial charge in [0.25, 0.3) is 15.9 Å². The summed E-state index contributed by atoms with van der Waals surface area (Å²) in [4.78, 5) is 34.3. The van der Waals surface area contributed by atoms with Gasteiger partial charge in [0.1, 0.15) is 22.1 Å². The summed E-state index contributed by atoms with van der Waals surface area (Å²) >= 11 is 6.63. The molecule has 46 heavy (non-hydrogen) atoms. The van der Waals surface area contributed by atoms with Gasteiger partial charge in [0, 0.05) is 49.4 Å². The summed E-state index contributed by atoms with van der Waals surface area (Å²) in [5.41, 5.74) is -0.0618. The van der Waals surface area contributed by atoms with Crippen LogP contribution in [0.25, 0.3) is 0 Å². The maximum absolute atomic E-state index is 15.5. The van der Waals surface area contributed by atoms with E-state index in [4.69, 9.17) is 25.8 Å². The highest BCUT2D eigenvalue weighted by molar-refractivity contribution is 7.93. The van der Waals surface area contributed by atoms with Crippen LogP contribution in [-0.2, 0) is 31.7 Å². The molecule has 0 radical (unpaired) electrons. The van der Waals surface area contributed by atoms with E-state index >= 15 is 4.79 Å². The Morgan fingerprint density at radius 2 is 1.65 bits per heavy atom. The van der Waals surface area contributed by atoms with Crippen molar-refractivity contribution in [3.8, 4) is 17.2 Å². The number of nitrogens with zero attached hydrogens (tertiary/aromatic N) is 4. The molecule has 0 N–H and O–H groups in total. The van der Waals surface area contributed by atoms with Gasteiger partial charge < -0.3 is 24.0 Å². The number of ether oxygens (including phenoxy) is 3. The van der Waals surface area contributed by atoms with Crippen LogP contribution in [0.15, 0.2) is 59.5 Å². The molecule has 0 bridgehead atoms. The molecule has 0 aliphatic carbocycles. The van der Waals surface area contributed by atoms with Crippen molar-refractivity contribution in [1.29, 1.82) is 0 Å². The number of hydrogen-bond acceptors (Lipinski definition) is 9. The van der Waals surface area contributed by atoms with Crippen LogP contribution in [0.4, 0.5) is 5.69 Å². The number of carbonyl (C=O) groups is 2. The average Bonchev–Trinajstić information content (AvgIpc) is 3.60. The molecular weight excluding hydrogens is 632 g/mol. The fourth-order valence-electron chi connectivity index (χ4n) is 6.59. The molecule has 5 rings (SSSR count). The number of likely N-dealkylation sites (tertiary alicyclic amines) is 1. The summed E-state index contributed by atoms with van der Waals surface area (Å²) in [5.74, 6) is -0.218. The maximum Gasteiger partial charge on any atom is 0.274 e. The smallest absolute Gasteiger partial charge is 0.274 e. The van der Waals surface area contributed by atoms with Gasteiger partial charge >= 0.3 is 0 Å². The second-order valence-corrected chi connectivity index (χ2v) is 14.0. The Hall–Kier alpha value is -3.84. The van der Waals surface area contributed by atoms with Gasteiger partial charge in [0.2, 0.25) is 5.91 Å². The van der Waals surface area contributed by atoms with E-state index in [0.29, 0.717) is 53.6 Å². The molecular formula is C33H39ClN4O7S. The summed E-state index contributed by atoms with van der Waals surface area (Å²) in [7, 11) is 6.89. The van der Waals surface area contributed by atoms with Gasteiger partial charge in [-0.3, -0.25) is 14.5 Å². The van der Waals surface area contributed by atoms with E-state index in [-0.39, 0.29) is 22.2 Å². The van der Waals surface area contributed by atoms with Crippen LogP contribution in [0.3, 0.4) is 0 Å². The summed E-state index contributed by atoms with van der Waals surface area (Å²) in [6.45, 7) is 0.873. The maximum atomic E-state index is 15.5. The van der Waals surface area contributed by atoms with Gasteiger partial charge in [-0.25, -0.2) is 12.7 Å². The molecule has 3 aromatic rings. The van der Waals surface area contributed by atoms with E-state index in [0.717, 1.165) is 9.87 Å². The van der Waals surface area contributed by atoms with Gasteiger partial charge in [0.15, 0.2) is 5.54 Å². The number of methoxy groups -OCH3 is 3. The Kier molecular flexibility index (Phi) is 9.29. The third-order valence-corrected chi connectivity index (χ3v) is 10.5. The van der Waals surface area contributed by atoms with Crippen LogP contribution in [0.2, 0.25) is 5.02 Å². The quantitative estimate of drug-likeness (QED) is 0.317. The monoisotopic (exact) mass is 670 g/mol. The molecule has 11 nitrogen and oxygen atoms in total. The number of carbonyl (C=O) groups excluding carboxylic acids is 2. The summed E-state index contributed by atoms with van der Waals surface area (Å²) in [5, 5.41) is 0.301. The number of amides is 2. The van der Waals surface area contributed by atoms with Crippen molar-refractivity contribution in [2.45, 2.75) is 35.9 Å². The zero-order valence-corrected chi connectivity index (χ0v) is 28.6. The first-order valence-corrected chi connectivity index (χ1v) is 16.6. The van der Waals surface area contributed by atoms with Crippen molar-refractivity contribution in [3.63, 3.8) is 0 Å². The molecule has 1 saturated heterocycles. The number of hydrogen-bond donors (Lipinski definition) is 0. The molecule has 0 aromatic heterocycles. The molecule has 2 heterocycles. The topological polar surface area (TPSA) is 109 Å². The van der Waals surface area contributed by atoms with E-state index in [1.807, 2.05) is 36.0 Å². The lowest BCUT2D eigenvalue weighted by atomic mass is 9.80. The summed E-state index contributed by atoms with van der Waals surface area (Å²) in [6, 6.07) is 13.8. The molecule has 3 aromatic carbocycles. The second kappa shape index (κ2) is 12.7. The van der Waals surface area contributed by atoms with E-state index in [1.54, 1.807) is 32.3 Å². The molecule has 0 saturated carbocycles. The first-order valence-electron chi connectivity index (χ1n) is 14.7. The van der Waals surface area contributed by atoms with Gasteiger partial charge in [-0.2, -0.15) is 0 Å². The van der Waals surface area contributed by atoms with Gasteiger partial charge in [-0.1, -0.05) is 17.7 Å².